The molecule has 7 heteroatoms. The monoisotopic (exact) mass is 393 g/mol. The molecule has 0 bridgehead atoms. The second kappa shape index (κ2) is 9.23. The van der Waals surface area contributed by atoms with Crippen LogP contribution in [0.5, 0.6) is 0 Å². The summed E-state index contributed by atoms with van der Waals surface area (Å²) in [6, 6.07) is 11.5. The zero-order chi connectivity index (χ0) is 20.8. The Morgan fingerprint density at radius 1 is 1.10 bits per heavy atom. The number of carbonyl (C=O) groups excluding carboxylic acids is 1. The molecule has 0 atom stereocenters. The molecule has 0 spiro atoms. The molecule has 2 aromatic heterocycles. The highest BCUT2D eigenvalue weighted by atomic mass is 16.3. The molecule has 0 saturated carbocycles. The lowest BCUT2D eigenvalue weighted by atomic mass is 10.1. The fraction of sp³-hybridized carbons (Fsp3) is 0.318. The van der Waals surface area contributed by atoms with Crippen LogP contribution in [0.25, 0.3) is 0 Å². The number of aromatic nitrogens is 2. The molecule has 0 aliphatic carbocycles. The molecule has 0 aliphatic rings. The molecule has 3 aromatic rings. The minimum atomic E-state index is -0.274. The number of amides is 1. The van der Waals surface area contributed by atoms with Crippen molar-refractivity contribution < 1.29 is 9.21 Å². The van der Waals surface area contributed by atoms with Crippen LogP contribution in [0.4, 0.5) is 17.3 Å². The van der Waals surface area contributed by atoms with Crippen molar-refractivity contribution in [2.24, 2.45) is 0 Å². The fourth-order valence-corrected chi connectivity index (χ4v) is 3.11. The van der Waals surface area contributed by atoms with E-state index in [1.807, 2.05) is 26.0 Å². The Balaban J connectivity index is 1.75. The molecule has 7 nitrogen and oxygen atoms in total. The summed E-state index contributed by atoms with van der Waals surface area (Å²) in [5, 5.41) is 6.05. The van der Waals surface area contributed by atoms with Gasteiger partial charge in [-0.25, -0.2) is 9.97 Å². The lowest BCUT2D eigenvalue weighted by Crippen LogP contribution is -2.24. The molecule has 2 N–H and O–H groups in total. The van der Waals surface area contributed by atoms with Crippen LogP contribution in [-0.2, 0) is 6.54 Å². The zero-order valence-corrected chi connectivity index (χ0v) is 17.3. The number of carbonyl (C=O) groups is 1. The van der Waals surface area contributed by atoms with Crippen molar-refractivity contribution >= 4 is 23.2 Å². The van der Waals surface area contributed by atoms with E-state index < -0.39 is 0 Å². The van der Waals surface area contributed by atoms with Crippen LogP contribution in [0, 0.1) is 13.8 Å². The molecular weight excluding hydrogens is 366 g/mol. The lowest BCUT2D eigenvalue weighted by molar-refractivity contribution is 0.0943. The van der Waals surface area contributed by atoms with Crippen molar-refractivity contribution in [3.05, 3.63) is 65.4 Å². The average molecular weight is 393 g/mol. The van der Waals surface area contributed by atoms with Gasteiger partial charge in [-0.1, -0.05) is 0 Å². The van der Waals surface area contributed by atoms with Crippen molar-refractivity contribution in [3.63, 3.8) is 0 Å². The van der Waals surface area contributed by atoms with Crippen LogP contribution in [0.2, 0.25) is 0 Å². The summed E-state index contributed by atoms with van der Waals surface area (Å²) in [4.78, 5) is 23.6. The second-order valence-electron chi connectivity index (χ2n) is 6.78. The normalized spacial score (nSPS) is 10.6. The van der Waals surface area contributed by atoms with Gasteiger partial charge in [0.1, 0.15) is 11.5 Å². The highest BCUT2D eigenvalue weighted by molar-refractivity contribution is 5.92. The van der Waals surface area contributed by atoms with Crippen LogP contribution in [0.15, 0.2) is 47.1 Å². The van der Waals surface area contributed by atoms with E-state index in [4.69, 9.17) is 4.42 Å². The van der Waals surface area contributed by atoms with Crippen LogP contribution in [0.1, 0.15) is 41.4 Å². The summed E-state index contributed by atoms with van der Waals surface area (Å²) < 4.78 is 5.24. The van der Waals surface area contributed by atoms with Crippen molar-refractivity contribution in [3.8, 4) is 0 Å². The summed E-state index contributed by atoms with van der Waals surface area (Å²) in [6.45, 7) is 10.4. The van der Waals surface area contributed by atoms with Crippen LogP contribution in [-0.4, -0.2) is 29.0 Å². The molecule has 0 radical (unpaired) electrons. The van der Waals surface area contributed by atoms with Crippen molar-refractivity contribution in [2.45, 2.75) is 34.2 Å². The number of hydrogen-bond acceptors (Lipinski definition) is 6. The Hall–Kier alpha value is -3.35. The van der Waals surface area contributed by atoms with Gasteiger partial charge in [-0.05, 0) is 69.7 Å². The number of aryl methyl sites for hydroxylation is 2. The molecule has 1 amide bonds. The first-order valence-corrected chi connectivity index (χ1v) is 9.79. The Labute approximate surface area is 171 Å². The molecule has 0 unspecified atom stereocenters. The smallest absolute Gasteiger partial charge is 0.270 e. The van der Waals surface area contributed by atoms with Gasteiger partial charge in [0.05, 0.1) is 12.8 Å². The van der Waals surface area contributed by atoms with E-state index >= 15 is 0 Å². The molecule has 0 fully saturated rings. The summed E-state index contributed by atoms with van der Waals surface area (Å²) in [5.41, 5.74) is 4.20. The minimum Gasteiger partial charge on any atom is -0.467 e. The predicted molar refractivity (Wildman–Crippen MR) is 115 cm³/mol. The van der Waals surface area contributed by atoms with Crippen molar-refractivity contribution in [1.82, 2.24) is 15.3 Å². The summed E-state index contributed by atoms with van der Waals surface area (Å²) in [7, 11) is 0. The van der Waals surface area contributed by atoms with Crippen LogP contribution in [0.3, 0.4) is 0 Å². The van der Waals surface area contributed by atoms with Gasteiger partial charge in [0, 0.05) is 30.2 Å². The quantitative estimate of drug-likeness (QED) is 0.597. The number of furan rings is 1. The van der Waals surface area contributed by atoms with E-state index in [1.54, 1.807) is 18.4 Å². The molecule has 0 saturated heterocycles. The summed E-state index contributed by atoms with van der Waals surface area (Å²) in [6.07, 6.45) is 1.58. The Morgan fingerprint density at radius 2 is 1.90 bits per heavy atom. The van der Waals surface area contributed by atoms with E-state index in [0.717, 1.165) is 24.3 Å². The van der Waals surface area contributed by atoms with E-state index in [9.17, 15) is 4.79 Å². The summed E-state index contributed by atoms with van der Waals surface area (Å²) in [5.74, 6) is 0.807. The molecule has 152 valence electrons. The van der Waals surface area contributed by atoms with E-state index in [-0.39, 0.29) is 5.91 Å². The fourth-order valence-electron chi connectivity index (χ4n) is 3.11. The molecule has 0 aliphatic heterocycles. The Morgan fingerprint density at radius 3 is 2.55 bits per heavy atom. The average Bonchev–Trinajstić information content (AvgIpc) is 3.22. The predicted octanol–water partition coefficient (Wildman–Crippen LogP) is 4.21. The SMILES string of the molecule is CCN(CC)c1ccc(Nc2nc(C)cc(C(=O)NCc3ccco3)n2)c(C)c1. The standard InChI is InChI=1S/C22H27N5O2/c1-5-27(6-2)17-9-10-19(15(3)12-17)25-22-24-16(4)13-20(26-22)21(28)23-14-18-8-7-11-29-18/h7-13H,5-6,14H2,1-4H3,(H,23,28)(H,24,25,26). The topological polar surface area (TPSA) is 83.3 Å². The first-order chi connectivity index (χ1) is 14.0. The minimum absolute atomic E-state index is 0.274. The molecule has 29 heavy (non-hydrogen) atoms. The van der Waals surface area contributed by atoms with Gasteiger partial charge < -0.3 is 20.0 Å². The Bertz CT molecular complexity index is 965. The third kappa shape index (κ3) is 5.13. The number of hydrogen-bond donors (Lipinski definition) is 2. The number of rotatable bonds is 8. The van der Waals surface area contributed by atoms with Gasteiger partial charge in [0.25, 0.3) is 5.91 Å². The molecular formula is C22H27N5O2. The van der Waals surface area contributed by atoms with Gasteiger partial charge >= 0.3 is 0 Å². The largest absolute Gasteiger partial charge is 0.467 e. The second-order valence-corrected chi connectivity index (χ2v) is 6.78. The van der Waals surface area contributed by atoms with Gasteiger partial charge in [0.15, 0.2) is 0 Å². The number of nitrogens with one attached hydrogen (secondary N) is 2. The van der Waals surface area contributed by atoms with Crippen molar-refractivity contribution in [1.29, 1.82) is 0 Å². The molecule has 3 rings (SSSR count). The van der Waals surface area contributed by atoms with E-state index in [2.05, 4.69) is 51.5 Å². The molecule has 1 aromatic carbocycles. The maximum absolute atomic E-state index is 12.5. The van der Waals surface area contributed by atoms with E-state index in [0.29, 0.717) is 29.6 Å². The van der Waals surface area contributed by atoms with Gasteiger partial charge in [0.2, 0.25) is 5.95 Å². The van der Waals surface area contributed by atoms with Crippen LogP contribution >= 0.6 is 0 Å². The molecule has 2 heterocycles. The highest BCUT2D eigenvalue weighted by Gasteiger charge is 2.12. The van der Waals surface area contributed by atoms with Gasteiger partial charge in [-0.15, -0.1) is 0 Å². The number of nitrogens with zero attached hydrogens (tertiary/aromatic N) is 3. The van der Waals surface area contributed by atoms with Crippen molar-refractivity contribution in [2.75, 3.05) is 23.3 Å². The maximum atomic E-state index is 12.5. The lowest BCUT2D eigenvalue weighted by Gasteiger charge is -2.22. The maximum Gasteiger partial charge on any atom is 0.270 e. The Kier molecular flexibility index (Phi) is 6.49. The van der Waals surface area contributed by atoms with E-state index in [1.165, 1.54) is 5.69 Å². The zero-order valence-electron chi connectivity index (χ0n) is 17.3. The summed E-state index contributed by atoms with van der Waals surface area (Å²) >= 11 is 0. The number of benzene rings is 1. The first-order valence-electron chi connectivity index (χ1n) is 9.79. The third-order valence-electron chi connectivity index (χ3n) is 4.68. The highest BCUT2D eigenvalue weighted by Crippen LogP contribution is 2.24. The third-order valence-corrected chi connectivity index (χ3v) is 4.68. The van der Waals surface area contributed by atoms with Crippen LogP contribution < -0.4 is 15.5 Å². The van der Waals surface area contributed by atoms with Gasteiger partial charge in [-0.2, -0.15) is 0 Å². The first kappa shape index (κ1) is 20.4. The van der Waals surface area contributed by atoms with Gasteiger partial charge in [-0.3, -0.25) is 4.79 Å². The number of anilines is 3.